The lowest BCUT2D eigenvalue weighted by Crippen LogP contribution is -2.05. The van der Waals surface area contributed by atoms with Crippen LogP contribution in [0.2, 0.25) is 0 Å². The van der Waals surface area contributed by atoms with Crippen LogP contribution in [0.15, 0.2) is 12.4 Å². The maximum Gasteiger partial charge on any atom is 0.151 e. The van der Waals surface area contributed by atoms with E-state index in [1.54, 1.807) is 0 Å². The number of aromatic amines is 1. The molecule has 78 valence electrons. The zero-order valence-electron chi connectivity index (χ0n) is 8.69. The molecular formula is C10H12N4O. The van der Waals surface area contributed by atoms with Crippen LogP contribution >= 0.6 is 0 Å². The third kappa shape index (κ3) is 1.68. The maximum atomic E-state index is 10.7. The molecule has 1 N–H and O–H groups in total. The van der Waals surface area contributed by atoms with Crippen molar-refractivity contribution in [1.82, 2.24) is 19.7 Å². The predicted octanol–water partition coefficient (Wildman–Crippen LogP) is 1.08. The van der Waals surface area contributed by atoms with Gasteiger partial charge in [0.1, 0.15) is 12.2 Å². The molecule has 0 saturated heterocycles. The van der Waals surface area contributed by atoms with Gasteiger partial charge in [0.15, 0.2) is 6.29 Å². The first-order valence-corrected chi connectivity index (χ1v) is 4.68. The molecule has 0 amide bonds. The van der Waals surface area contributed by atoms with Crippen LogP contribution in [0.25, 0.3) is 0 Å². The molecule has 15 heavy (non-hydrogen) atoms. The average molecular weight is 204 g/mol. The number of carbonyl (C=O) groups excluding carboxylic acids is 1. The Hall–Kier alpha value is -1.91. The quantitative estimate of drug-likeness (QED) is 0.761. The first kappa shape index (κ1) is 9.64. The van der Waals surface area contributed by atoms with Crippen molar-refractivity contribution in [2.75, 3.05) is 0 Å². The minimum absolute atomic E-state index is 0.617. The van der Waals surface area contributed by atoms with Gasteiger partial charge in [0.05, 0.1) is 6.54 Å². The van der Waals surface area contributed by atoms with E-state index in [0.29, 0.717) is 6.54 Å². The highest BCUT2D eigenvalue weighted by atomic mass is 16.1. The Bertz CT molecular complexity index is 470. The zero-order valence-corrected chi connectivity index (χ0v) is 8.69. The second-order valence-corrected chi connectivity index (χ2v) is 3.46. The highest BCUT2D eigenvalue weighted by Crippen LogP contribution is 2.13. The van der Waals surface area contributed by atoms with Crippen molar-refractivity contribution in [2.24, 2.45) is 0 Å². The normalized spacial score (nSPS) is 10.5. The lowest BCUT2D eigenvalue weighted by atomic mass is 10.3. The van der Waals surface area contributed by atoms with E-state index in [-0.39, 0.29) is 0 Å². The first-order valence-electron chi connectivity index (χ1n) is 4.68. The van der Waals surface area contributed by atoms with Crippen molar-refractivity contribution in [3.05, 3.63) is 35.2 Å². The van der Waals surface area contributed by atoms with E-state index in [0.717, 1.165) is 29.1 Å². The van der Waals surface area contributed by atoms with Gasteiger partial charge >= 0.3 is 0 Å². The van der Waals surface area contributed by atoms with Gasteiger partial charge in [-0.1, -0.05) is 0 Å². The molecule has 2 aromatic rings. The number of rotatable bonds is 3. The molecular weight excluding hydrogens is 192 g/mol. The van der Waals surface area contributed by atoms with E-state index in [2.05, 4.69) is 15.2 Å². The van der Waals surface area contributed by atoms with Crippen molar-refractivity contribution in [1.29, 1.82) is 0 Å². The smallest absolute Gasteiger partial charge is 0.151 e. The van der Waals surface area contributed by atoms with Gasteiger partial charge in [-0.25, -0.2) is 4.98 Å². The molecule has 2 aromatic heterocycles. The van der Waals surface area contributed by atoms with Crippen LogP contribution in [-0.2, 0) is 6.54 Å². The summed E-state index contributed by atoms with van der Waals surface area (Å²) in [6, 6.07) is 1.87. The molecule has 5 heteroatoms. The summed E-state index contributed by atoms with van der Waals surface area (Å²) in [5.74, 6) is 0.786. The lowest BCUT2D eigenvalue weighted by molar-refractivity contribution is 0.112. The summed E-state index contributed by atoms with van der Waals surface area (Å²) in [5.41, 5.74) is 2.73. The van der Waals surface area contributed by atoms with Crippen molar-refractivity contribution >= 4 is 6.29 Å². The van der Waals surface area contributed by atoms with E-state index in [9.17, 15) is 4.79 Å². The van der Waals surface area contributed by atoms with Gasteiger partial charge in [-0.15, -0.1) is 0 Å². The molecule has 0 radical (unpaired) electrons. The Balaban J connectivity index is 2.36. The molecule has 0 unspecified atom stereocenters. The molecule has 0 fully saturated rings. The highest BCUT2D eigenvalue weighted by molar-refractivity contribution is 5.77. The molecule has 2 heterocycles. The second-order valence-electron chi connectivity index (χ2n) is 3.46. The predicted molar refractivity (Wildman–Crippen MR) is 54.8 cm³/mol. The topological polar surface area (TPSA) is 63.6 Å². The summed E-state index contributed by atoms with van der Waals surface area (Å²) in [5, 5.41) is 6.58. The van der Waals surface area contributed by atoms with Crippen LogP contribution in [-0.4, -0.2) is 26.0 Å². The Morgan fingerprint density at radius 2 is 2.33 bits per heavy atom. The number of aryl methyl sites for hydroxylation is 1. The summed E-state index contributed by atoms with van der Waals surface area (Å²) >= 11 is 0. The van der Waals surface area contributed by atoms with Gasteiger partial charge < -0.3 is 4.57 Å². The minimum atomic E-state index is 0.617. The van der Waals surface area contributed by atoms with Gasteiger partial charge in [-0.2, -0.15) is 5.10 Å². The number of aldehydes is 1. The summed E-state index contributed by atoms with van der Waals surface area (Å²) in [7, 11) is 0. The van der Waals surface area contributed by atoms with E-state index >= 15 is 0 Å². The molecule has 5 nitrogen and oxygen atoms in total. The van der Waals surface area contributed by atoms with Gasteiger partial charge in [-0.3, -0.25) is 9.89 Å². The number of carbonyl (C=O) groups is 1. The number of aromatic nitrogens is 4. The standard InChI is InChI=1S/C10H12N4O/c1-7-3-9(5-15)8(2)14(7)4-10-11-6-12-13-10/h3,5-6H,4H2,1-2H3,(H,11,12,13). The largest absolute Gasteiger partial charge is 0.341 e. The lowest BCUT2D eigenvalue weighted by Gasteiger charge is -2.06. The molecule has 0 aliphatic carbocycles. The Kier molecular flexibility index (Phi) is 2.37. The number of nitrogens with one attached hydrogen (secondary N) is 1. The molecule has 0 spiro atoms. The second kappa shape index (κ2) is 3.68. The van der Waals surface area contributed by atoms with Crippen LogP contribution in [0.3, 0.4) is 0 Å². The fourth-order valence-corrected chi connectivity index (χ4v) is 1.65. The van der Waals surface area contributed by atoms with E-state index in [1.165, 1.54) is 6.33 Å². The van der Waals surface area contributed by atoms with Crippen LogP contribution in [0.1, 0.15) is 27.6 Å². The first-order chi connectivity index (χ1) is 7.22. The molecule has 0 aliphatic heterocycles. The summed E-state index contributed by atoms with van der Waals surface area (Å²) in [4.78, 5) is 14.8. The molecule has 2 rings (SSSR count). The Labute approximate surface area is 87.1 Å². The fourth-order valence-electron chi connectivity index (χ4n) is 1.65. The van der Waals surface area contributed by atoms with E-state index < -0.39 is 0 Å². The molecule has 0 saturated carbocycles. The Morgan fingerprint density at radius 1 is 1.53 bits per heavy atom. The maximum absolute atomic E-state index is 10.7. The van der Waals surface area contributed by atoms with Gasteiger partial charge in [-0.05, 0) is 19.9 Å². The average Bonchev–Trinajstić information content (AvgIpc) is 2.81. The van der Waals surface area contributed by atoms with Gasteiger partial charge in [0.2, 0.25) is 0 Å². The van der Waals surface area contributed by atoms with Crippen molar-refractivity contribution in [2.45, 2.75) is 20.4 Å². The van der Waals surface area contributed by atoms with Crippen LogP contribution in [0.5, 0.6) is 0 Å². The fraction of sp³-hybridized carbons (Fsp3) is 0.300. The highest BCUT2D eigenvalue weighted by Gasteiger charge is 2.09. The third-order valence-corrected chi connectivity index (χ3v) is 2.51. The molecule has 0 aliphatic rings. The summed E-state index contributed by atoms with van der Waals surface area (Å²) in [6.07, 6.45) is 2.35. The van der Waals surface area contributed by atoms with Gasteiger partial charge in [0, 0.05) is 17.0 Å². The number of nitrogens with zero attached hydrogens (tertiary/aromatic N) is 3. The molecule has 0 aromatic carbocycles. The Morgan fingerprint density at radius 3 is 2.87 bits per heavy atom. The zero-order chi connectivity index (χ0) is 10.8. The van der Waals surface area contributed by atoms with Crippen LogP contribution in [0, 0.1) is 13.8 Å². The van der Waals surface area contributed by atoms with Crippen molar-refractivity contribution < 1.29 is 4.79 Å². The van der Waals surface area contributed by atoms with E-state index in [1.807, 2.05) is 24.5 Å². The number of H-pyrrole nitrogens is 1. The van der Waals surface area contributed by atoms with Crippen molar-refractivity contribution in [3.63, 3.8) is 0 Å². The molecule has 0 bridgehead atoms. The third-order valence-electron chi connectivity index (χ3n) is 2.51. The summed E-state index contributed by atoms with van der Waals surface area (Å²) < 4.78 is 2.03. The number of hydrogen-bond acceptors (Lipinski definition) is 3. The van der Waals surface area contributed by atoms with Gasteiger partial charge in [0.25, 0.3) is 0 Å². The summed E-state index contributed by atoms with van der Waals surface area (Å²) in [6.45, 7) is 4.51. The van der Waals surface area contributed by atoms with Crippen LogP contribution in [0.4, 0.5) is 0 Å². The number of hydrogen-bond donors (Lipinski definition) is 1. The van der Waals surface area contributed by atoms with Crippen molar-refractivity contribution in [3.8, 4) is 0 Å². The minimum Gasteiger partial charge on any atom is -0.341 e. The molecule has 0 atom stereocenters. The van der Waals surface area contributed by atoms with E-state index in [4.69, 9.17) is 0 Å². The van der Waals surface area contributed by atoms with Crippen LogP contribution < -0.4 is 0 Å². The monoisotopic (exact) mass is 204 g/mol. The SMILES string of the molecule is Cc1cc(C=O)c(C)n1Cc1ncn[nH]1.